The third kappa shape index (κ3) is 3.36. The molecule has 0 aromatic heterocycles. The number of amides is 2. The van der Waals surface area contributed by atoms with Gasteiger partial charge in [0.05, 0.1) is 7.11 Å². The number of methoxy groups -OCH3 is 1. The number of hydrogen-bond acceptors (Lipinski definition) is 4. The molecule has 2 amide bonds. The average Bonchev–Trinajstić information content (AvgIpc) is 2.36. The topological polar surface area (TPSA) is 79.5 Å². The molecule has 0 bridgehead atoms. The van der Waals surface area contributed by atoms with E-state index in [0.717, 1.165) is 24.2 Å². The maximum atomic E-state index is 12.0. The average molecular weight is 275 g/mol. The number of carbonyl (C=O) groups is 2. The van der Waals surface area contributed by atoms with Crippen LogP contribution in [0.1, 0.15) is 6.92 Å². The van der Waals surface area contributed by atoms with Crippen LogP contribution in [-0.4, -0.2) is 32.2 Å². The summed E-state index contributed by atoms with van der Waals surface area (Å²) < 4.78 is 4.52. The molecule has 0 atom stereocenters. The zero-order valence-corrected chi connectivity index (χ0v) is 11.4. The van der Waals surface area contributed by atoms with Gasteiger partial charge in [0.1, 0.15) is 0 Å². The number of rotatable bonds is 3. The Kier molecular flexibility index (Phi) is 4.37. The van der Waals surface area contributed by atoms with E-state index >= 15 is 0 Å². The first kappa shape index (κ1) is 14.1. The molecule has 0 radical (unpaired) electrons. The van der Waals surface area contributed by atoms with Gasteiger partial charge < -0.3 is 15.4 Å². The second kappa shape index (κ2) is 6.21. The molecule has 0 unspecified atom stereocenters. The monoisotopic (exact) mass is 275 g/mol. The Morgan fingerprint density at radius 1 is 1.20 bits per heavy atom. The lowest BCUT2D eigenvalue weighted by Crippen LogP contribution is -2.36. The van der Waals surface area contributed by atoms with E-state index in [4.69, 9.17) is 0 Å². The zero-order chi connectivity index (χ0) is 14.5. The predicted octanol–water partition coefficient (Wildman–Crippen LogP) is 1.72. The second-order valence-corrected chi connectivity index (χ2v) is 4.48. The molecule has 6 nitrogen and oxygen atoms in total. The first-order valence-electron chi connectivity index (χ1n) is 6.26. The van der Waals surface area contributed by atoms with Crippen LogP contribution in [0.5, 0.6) is 0 Å². The highest BCUT2D eigenvalue weighted by Crippen LogP contribution is 2.17. The van der Waals surface area contributed by atoms with Crippen molar-refractivity contribution in [3.05, 3.63) is 35.4 Å². The van der Waals surface area contributed by atoms with Crippen molar-refractivity contribution in [3.63, 3.8) is 0 Å². The lowest BCUT2D eigenvalue weighted by molar-refractivity contribution is -0.112. The van der Waals surface area contributed by atoms with E-state index < -0.39 is 6.09 Å². The molecule has 0 saturated carbocycles. The van der Waals surface area contributed by atoms with Crippen molar-refractivity contribution in [2.45, 2.75) is 6.92 Å². The SMILES string of the molecule is COC(=O)Nc1cccc(NC(=O)C(C)=C2CNC2)c1. The maximum Gasteiger partial charge on any atom is 0.411 e. The number of carbonyl (C=O) groups excluding carboxylic acids is 2. The molecule has 3 N–H and O–H groups in total. The predicted molar refractivity (Wildman–Crippen MR) is 76.7 cm³/mol. The molecule has 106 valence electrons. The summed E-state index contributed by atoms with van der Waals surface area (Å²) in [4.78, 5) is 23.2. The lowest BCUT2D eigenvalue weighted by Gasteiger charge is -2.21. The van der Waals surface area contributed by atoms with Gasteiger partial charge in [-0.05, 0) is 30.7 Å². The Morgan fingerprint density at radius 2 is 1.85 bits per heavy atom. The quantitative estimate of drug-likeness (QED) is 0.734. The van der Waals surface area contributed by atoms with Crippen molar-refractivity contribution in [1.82, 2.24) is 5.32 Å². The van der Waals surface area contributed by atoms with E-state index in [1.165, 1.54) is 7.11 Å². The molecule has 2 rings (SSSR count). The van der Waals surface area contributed by atoms with Crippen LogP contribution in [0.3, 0.4) is 0 Å². The van der Waals surface area contributed by atoms with Crippen molar-refractivity contribution < 1.29 is 14.3 Å². The number of hydrogen-bond donors (Lipinski definition) is 3. The summed E-state index contributed by atoms with van der Waals surface area (Å²) in [7, 11) is 1.29. The summed E-state index contributed by atoms with van der Waals surface area (Å²) in [5.41, 5.74) is 3.03. The van der Waals surface area contributed by atoms with Crippen molar-refractivity contribution in [1.29, 1.82) is 0 Å². The first-order valence-corrected chi connectivity index (χ1v) is 6.26. The largest absolute Gasteiger partial charge is 0.453 e. The summed E-state index contributed by atoms with van der Waals surface area (Å²) in [5, 5.41) is 8.45. The molecule has 6 heteroatoms. The van der Waals surface area contributed by atoms with Gasteiger partial charge in [-0.2, -0.15) is 0 Å². The van der Waals surface area contributed by atoms with Gasteiger partial charge in [0, 0.05) is 30.0 Å². The molecule has 1 fully saturated rings. The Hall–Kier alpha value is -2.34. The van der Waals surface area contributed by atoms with Gasteiger partial charge in [0.15, 0.2) is 0 Å². The molecule has 1 aromatic rings. The van der Waals surface area contributed by atoms with Crippen LogP contribution in [0.25, 0.3) is 0 Å². The third-order valence-electron chi connectivity index (χ3n) is 3.10. The van der Waals surface area contributed by atoms with Gasteiger partial charge in [0.2, 0.25) is 0 Å². The lowest BCUT2D eigenvalue weighted by atomic mass is 10.0. The Bertz CT molecular complexity index is 561. The minimum Gasteiger partial charge on any atom is -0.453 e. The summed E-state index contributed by atoms with van der Waals surface area (Å²) in [6.07, 6.45) is -0.549. The van der Waals surface area contributed by atoms with E-state index in [-0.39, 0.29) is 5.91 Å². The molecule has 1 aliphatic heterocycles. The fourth-order valence-corrected chi connectivity index (χ4v) is 1.74. The molecule has 0 spiro atoms. The highest BCUT2D eigenvalue weighted by Gasteiger charge is 2.16. The highest BCUT2D eigenvalue weighted by atomic mass is 16.5. The maximum absolute atomic E-state index is 12.0. The molecule has 0 aliphatic carbocycles. The highest BCUT2D eigenvalue weighted by molar-refractivity contribution is 6.04. The van der Waals surface area contributed by atoms with E-state index in [2.05, 4.69) is 20.7 Å². The molecular formula is C14H17N3O3. The van der Waals surface area contributed by atoms with Crippen molar-refractivity contribution in [2.24, 2.45) is 0 Å². The number of anilines is 2. The van der Waals surface area contributed by atoms with Crippen LogP contribution in [-0.2, 0) is 9.53 Å². The number of nitrogens with one attached hydrogen (secondary N) is 3. The summed E-state index contributed by atoms with van der Waals surface area (Å²) >= 11 is 0. The van der Waals surface area contributed by atoms with Gasteiger partial charge in [-0.1, -0.05) is 6.07 Å². The molecule has 1 heterocycles. The molecule has 1 aliphatic rings. The summed E-state index contributed by atoms with van der Waals surface area (Å²) in [6, 6.07) is 6.89. The van der Waals surface area contributed by atoms with Gasteiger partial charge >= 0.3 is 6.09 Å². The molecular weight excluding hydrogens is 258 g/mol. The van der Waals surface area contributed by atoms with Crippen LogP contribution in [0.15, 0.2) is 35.4 Å². The zero-order valence-electron chi connectivity index (χ0n) is 11.4. The first-order chi connectivity index (χ1) is 9.60. The second-order valence-electron chi connectivity index (χ2n) is 4.48. The van der Waals surface area contributed by atoms with E-state index in [1.54, 1.807) is 24.3 Å². The Labute approximate surface area is 117 Å². The minimum atomic E-state index is -0.549. The van der Waals surface area contributed by atoms with Crippen LogP contribution >= 0.6 is 0 Å². The smallest absolute Gasteiger partial charge is 0.411 e. The van der Waals surface area contributed by atoms with Gasteiger partial charge in [-0.3, -0.25) is 10.1 Å². The van der Waals surface area contributed by atoms with Crippen molar-refractivity contribution >= 4 is 23.4 Å². The van der Waals surface area contributed by atoms with Gasteiger partial charge in [-0.15, -0.1) is 0 Å². The Balaban J connectivity index is 2.04. The Morgan fingerprint density at radius 3 is 2.40 bits per heavy atom. The van der Waals surface area contributed by atoms with Crippen LogP contribution < -0.4 is 16.0 Å². The summed E-state index contributed by atoms with van der Waals surface area (Å²) in [5.74, 6) is -0.128. The third-order valence-corrected chi connectivity index (χ3v) is 3.10. The van der Waals surface area contributed by atoms with Crippen LogP contribution in [0, 0.1) is 0 Å². The molecule has 1 aromatic carbocycles. The van der Waals surface area contributed by atoms with E-state index in [0.29, 0.717) is 11.4 Å². The van der Waals surface area contributed by atoms with E-state index in [1.807, 2.05) is 6.92 Å². The minimum absolute atomic E-state index is 0.128. The van der Waals surface area contributed by atoms with Gasteiger partial charge in [-0.25, -0.2) is 4.79 Å². The number of ether oxygens (including phenoxy) is 1. The fraction of sp³-hybridized carbons (Fsp3) is 0.286. The van der Waals surface area contributed by atoms with Crippen molar-refractivity contribution in [2.75, 3.05) is 30.8 Å². The summed E-state index contributed by atoms with van der Waals surface area (Å²) in [6.45, 7) is 3.34. The normalized spacial score (nSPS) is 13.2. The molecule has 20 heavy (non-hydrogen) atoms. The molecule has 1 saturated heterocycles. The standard InChI is InChI=1S/C14H17N3O3/c1-9(10-7-15-8-10)13(18)16-11-4-3-5-12(6-11)17-14(19)20-2/h3-6,15H,7-8H2,1-2H3,(H,16,18)(H,17,19). The van der Waals surface area contributed by atoms with Crippen LogP contribution in [0.4, 0.5) is 16.2 Å². The van der Waals surface area contributed by atoms with Gasteiger partial charge in [0.25, 0.3) is 5.91 Å². The number of benzene rings is 1. The fourth-order valence-electron chi connectivity index (χ4n) is 1.74. The van der Waals surface area contributed by atoms with E-state index in [9.17, 15) is 9.59 Å². The van der Waals surface area contributed by atoms with Crippen molar-refractivity contribution in [3.8, 4) is 0 Å². The van der Waals surface area contributed by atoms with Crippen LogP contribution in [0.2, 0.25) is 0 Å².